The van der Waals surface area contributed by atoms with Gasteiger partial charge in [0.2, 0.25) is 11.8 Å². The van der Waals surface area contributed by atoms with Gasteiger partial charge in [0.15, 0.2) is 0 Å². The van der Waals surface area contributed by atoms with Crippen molar-refractivity contribution in [2.45, 2.75) is 26.3 Å². The molecule has 0 unspecified atom stereocenters. The summed E-state index contributed by atoms with van der Waals surface area (Å²) < 4.78 is 10.6. The number of ether oxygens (including phenoxy) is 2. The Morgan fingerprint density at radius 3 is 2.90 bits per heavy atom. The quantitative estimate of drug-likeness (QED) is 0.635. The van der Waals surface area contributed by atoms with Crippen LogP contribution in [0.3, 0.4) is 0 Å². The molecule has 1 N–H and O–H groups in total. The van der Waals surface area contributed by atoms with Gasteiger partial charge in [-0.3, -0.25) is 9.59 Å². The highest BCUT2D eigenvalue weighted by atomic mass is 32.1. The molecule has 0 aliphatic carbocycles. The molecule has 3 rings (SSSR count). The Bertz CT molecular complexity index is 1020. The maximum Gasteiger partial charge on any atom is 0.249 e. The first-order valence-corrected chi connectivity index (χ1v) is 10.9. The minimum atomic E-state index is -0.325. The number of nitrogens with one attached hydrogen (secondary N) is 1. The largest absolute Gasteiger partial charge is 0.493 e. The van der Waals surface area contributed by atoms with Crippen LogP contribution >= 0.6 is 11.3 Å². The summed E-state index contributed by atoms with van der Waals surface area (Å²) in [7, 11) is 1.57. The fourth-order valence-electron chi connectivity index (χ4n) is 3.39. The fraction of sp³-hybridized carbons (Fsp3) is 0.348. The first-order chi connectivity index (χ1) is 15.1. The van der Waals surface area contributed by atoms with E-state index in [0.29, 0.717) is 55.5 Å². The lowest BCUT2D eigenvalue weighted by molar-refractivity contribution is -0.133. The molecule has 0 fully saturated rings. The molecule has 0 bridgehead atoms. The Morgan fingerprint density at radius 2 is 2.16 bits per heavy atom. The Hall–Kier alpha value is -3.15. The van der Waals surface area contributed by atoms with Crippen molar-refractivity contribution in [1.82, 2.24) is 4.90 Å². The Kier molecular flexibility index (Phi) is 7.82. The SMILES string of the molecule is CCOc1ccccc1C=CC(=O)Nc1sc2c(c1C#N)CCN(C(=O)CCOC)C2. The molecule has 2 aromatic rings. The molecule has 1 aromatic heterocycles. The fourth-order valence-corrected chi connectivity index (χ4v) is 4.61. The van der Waals surface area contributed by atoms with Crippen molar-refractivity contribution < 1.29 is 19.1 Å². The first kappa shape index (κ1) is 22.5. The van der Waals surface area contributed by atoms with Crippen LogP contribution in [0.4, 0.5) is 5.00 Å². The number of rotatable bonds is 8. The molecule has 0 atom stereocenters. The lowest BCUT2D eigenvalue weighted by Crippen LogP contribution is -2.35. The van der Waals surface area contributed by atoms with Gasteiger partial charge < -0.3 is 19.7 Å². The number of methoxy groups -OCH3 is 1. The first-order valence-electron chi connectivity index (χ1n) is 10.1. The van der Waals surface area contributed by atoms with Crippen LogP contribution < -0.4 is 10.1 Å². The van der Waals surface area contributed by atoms with E-state index >= 15 is 0 Å². The minimum absolute atomic E-state index is 0.0286. The average Bonchev–Trinajstić information content (AvgIpc) is 3.12. The van der Waals surface area contributed by atoms with Crippen LogP contribution in [0.1, 0.15) is 34.9 Å². The average molecular weight is 440 g/mol. The predicted molar refractivity (Wildman–Crippen MR) is 120 cm³/mol. The van der Waals surface area contributed by atoms with E-state index in [-0.39, 0.29) is 11.8 Å². The molecule has 1 aliphatic rings. The van der Waals surface area contributed by atoms with Gasteiger partial charge in [0.25, 0.3) is 0 Å². The molecule has 1 aliphatic heterocycles. The van der Waals surface area contributed by atoms with E-state index in [0.717, 1.165) is 16.0 Å². The number of para-hydroxylation sites is 1. The highest BCUT2D eigenvalue weighted by molar-refractivity contribution is 7.16. The zero-order valence-corrected chi connectivity index (χ0v) is 18.5. The lowest BCUT2D eigenvalue weighted by atomic mass is 10.0. The normalized spacial score (nSPS) is 13.0. The number of amides is 2. The van der Waals surface area contributed by atoms with Crippen LogP contribution in [0.2, 0.25) is 0 Å². The van der Waals surface area contributed by atoms with Crippen molar-refractivity contribution in [3.63, 3.8) is 0 Å². The molecule has 8 heteroatoms. The van der Waals surface area contributed by atoms with E-state index in [1.165, 1.54) is 17.4 Å². The number of anilines is 1. The van der Waals surface area contributed by atoms with Crippen LogP contribution in [0.5, 0.6) is 5.75 Å². The highest BCUT2D eigenvalue weighted by Crippen LogP contribution is 2.36. The molecule has 7 nitrogen and oxygen atoms in total. The Balaban J connectivity index is 1.72. The van der Waals surface area contributed by atoms with Crippen molar-refractivity contribution in [3.8, 4) is 11.8 Å². The van der Waals surface area contributed by atoms with E-state index in [1.807, 2.05) is 31.2 Å². The Morgan fingerprint density at radius 1 is 1.35 bits per heavy atom. The van der Waals surface area contributed by atoms with Crippen LogP contribution in [0.15, 0.2) is 30.3 Å². The summed E-state index contributed by atoms with van der Waals surface area (Å²) in [5, 5.41) is 13.0. The summed E-state index contributed by atoms with van der Waals surface area (Å²) >= 11 is 1.35. The van der Waals surface area contributed by atoms with E-state index < -0.39 is 0 Å². The number of fused-ring (bicyclic) bond motifs is 1. The zero-order chi connectivity index (χ0) is 22.2. The zero-order valence-electron chi connectivity index (χ0n) is 17.6. The number of carbonyl (C=O) groups is 2. The van der Waals surface area contributed by atoms with Gasteiger partial charge in [0.05, 0.1) is 31.7 Å². The summed E-state index contributed by atoms with van der Waals surface area (Å²) in [5.41, 5.74) is 2.21. The van der Waals surface area contributed by atoms with Gasteiger partial charge in [0.1, 0.15) is 16.8 Å². The highest BCUT2D eigenvalue weighted by Gasteiger charge is 2.27. The third kappa shape index (κ3) is 5.51. The number of nitriles is 1. The molecule has 0 saturated heterocycles. The van der Waals surface area contributed by atoms with Crippen molar-refractivity contribution in [2.24, 2.45) is 0 Å². The van der Waals surface area contributed by atoms with Crippen molar-refractivity contribution >= 4 is 34.2 Å². The second kappa shape index (κ2) is 10.8. The van der Waals surface area contributed by atoms with Gasteiger partial charge in [-0.25, -0.2) is 0 Å². The Labute approximate surface area is 185 Å². The number of thiophene rings is 1. The topological polar surface area (TPSA) is 91.7 Å². The van der Waals surface area contributed by atoms with Gasteiger partial charge in [-0.1, -0.05) is 18.2 Å². The van der Waals surface area contributed by atoms with E-state index in [1.54, 1.807) is 18.1 Å². The summed E-state index contributed by atoms with van der Waals surface area (Å²) in [6, 6.07) is 9.69. The monoisotopic (exact) mass is 439 g/mol. The molecular weight excluding hydrogens is 414 g/mol. The van der Waals surface area contributed by atoms with E-state index in [9.17, 15) is 14.9 Å². The summed E-state index contributed by atoms with van der Waals surface area (Å²) in [5.74, 6) is 0.409. The number of nitrogens with zero attached hydrogens (tertiary/aromatic N) is 2. The summed E-state index contributed by atoms with van der Waals surface area (Å²) in [6.07, 6.45) is 4.05. The van der Waals surface area contributed by atoms with E-state index in [4.69, 9.17) is 9.47 Å². The standard InChI is InChI=1S/C23H25N3O4S/c1-3-30-19-7-5-4-6-16(19)8-9-21(27)25-23-18(14-24)17-10-12-26(15-20(17)31-23)22(28)11-13-29-2/h4-9H,3,10-13,15H2,1-2H3,(H,25,27). The predicted octanol–water partition coefficient (Wildman–Crippen LogP) is 3.59. The van der Waals surface area contributed by atoms with Crippen LogP contribution in [0.25, 0.3) is 6.08 Å². The number of benzene rings is 1. The van der Waals surface area contributed by atoms with Crippen molar-refractivity contribution in [1.29, 1.82) is 5.26 Å². The summed E-state index contributed by atoms with van der Waals surface area (Å²) in [6.45, 7) is 3.83. The molecular formula is C23H25N3O4S. The van der Waals surface area contributed by atoms with Gasteiger partial charge in [-0.2, -0.15) is 5.26 Å². The van der Waals surface area contributed by atoms with Gasteiger partial charge in [0, 0.05) is 30.2 Å². The molecule has 0 spiro atoms. The maximum atomic E-state index is 12.5. The third-order valence-corrected chi connectivity index (χ3v) is 6.04. The summed E-state index contributed by atoms with van der Waals surface area (Å²) in [4.78, 5) is 27.5. The third-order valence-electron chi connectivity index (χ3n) is 4.91. The van der Waals surface area contributed by atoms with E-state index in [2.05, 4.69) is 11.4 Å². The molecule has 162 valence electrons. The molecule has 31 heavy (non-hydrogen) atoms. The maximum absolute atomic E-state index is 12.5. The van der Waals surface area contributed by atoms with Gasteiger partial charge in [-0.05, 0) is 31.1 Å². The van der Waals surface area contributed by atoms with Gasteiger partial charge >= 0.3 is 0 Å². The van der Waals surface area contributed by atoms with Crippen LogP contribution in [-0.4, -0.2) is 43.6 Å². The lowest BCUT2D eigenvalue weighted by Gasteiger charge is -2.27. The second-order valence-corrected chi connectivity index (χ2v) is 8.03. The van der Waals surface area contributed by atoms with Crippen LogP contribution in [0, 0.1) is 11.3 Å². The second-order valence-electron chi connectivity index (χ2n) is 6.92. The van der Waals surface area contributed by atoms with Crippen molar-refractivity contribution in [2.75, 3.05) is 32.2 Å². The van der Waals surface area contributed by atoms with Crippen LogP contribution in [-0.2, 0) is 27.3 Å². The van der Waals surface area contributed by atoms with Gasteiger partial charge in [-0.15, -0.1) is 11.3 Å². The van der Waals surface area contributed by atoms with Crippen molar-refractivity contribution in [3.05, 3.63) is 51.9 Å². The molecule has 2 heterocycles. The molecule has 0 radical (unpaired) electrons. The number of carbonyl (C=O) groups excluding carboxylic acids is 2. The number of hydrogen-bond donors (Lipinski definition) is 1. The molecule has 2 amide bonds. The number of hydrogen-bond acceptors (Lipinski definition) is 6. The molecule has 1 aromatic carbocycles. The smallest absolute Gasteiger partial charge is 0.249 e. The molecule has 0 saturated carbocycles. The minimum Gasteiger partial charge on any atom is -0.493 e.